The van der Waals surface area contributed by atoms with Gasteiger partial charge >= 0.3 is 0 Å². The molecule has 1 heterocycles. The Bertz CT molecular complexity index is 1110. The molecule has 0 unspecified atom stereocenters. The fourth-order valence-corrected chi connectivity index (χ4v) is 3.65. The predicted molar refractivity (Wildman–Crippen MR) is 106 cm³/mol. The number of carbonyl (C=O) groups is 1. The molecule has 1 N–H and O–H groups in total. The second-order valence-corrected chi connectivity index (χ2v) is 7.02. The number of hydrogen-bond donors (Lipinski definition) is 1. The second-order valence-electron chi connectivity index (χ2n) is 5.32. The summed E-state index contributed by atoms with van der Waals surface area (Å²) in [5.41, 5.74) is 1.10. The molecule has 1 amide bonds. The van der Waals surface area contributed by atoms with Crippen LogP contribution in [0, 0.1) is 21.4 Å². The number of amides is 1. The number of nitro groups is 1. The van der Waals surface area contributed by atoms with Crippen LogP contribution in [0.5, 0.6) is 0 Å². The zero-order chi connectivity index (χ0) is 19.6. The Labute approximate surface area is 167 Å². The van der Waals surface area contributed by atoms with Gasteiger partial charge in [-0.2, -0.15) is 5.26 Å². The first-order chi connectivity index (χ1) is 12.9. The summed E-state index contributed by atoms with van der Waals surface area (Å²) in [4.78, 5) is 23.0. The molecule has 0 aliphatic heterocycles. The van der Waals surface area contributed by atoms with Crippen molar-refractivity contribution in [3.8, 4) is 17.2 Å². The van der Waals surface area contributed by atoms with Crippen molar-refractivity contribution in [2.24, 2.45) is 0 Å². The van der Waals surface area contributed by atoms with Gasteiger partial charge in [-0.25, -0.2) is 0 Å². The number of nitro benzene ring substituents is 1. The number of thiophene rings is 1. The third-order valence-corrected chi connectivity index (χ3v) is 5.34. The highest BCUT2D eigenvalue weighted by Crippen LogP contribution is 2.37. The van der Waals surface area contributed by atoms with Gasteiger partial charge in [0.05, 0.1) is 20.5 Å². The van der Waals surface area contributed by atoms with Gasteiger partial charge in [0.2, 0.25) is 0 Å². The average Bonchev–Trinajstić information content (AvgIpc) is 3.06. The molecule has 0 saturated carbocycles. The summed E-state index contributed by atoms with van der Waals surface area (Å²) in [7, 11) is 0. The van der Waals surface area contributed by atoms with E-state index in [2.05, 4.69) is 11.4 Å². The van der Waals surface area contributed by atoms with E-state index in [0.717, 1.165) is 11.3 Å². The molecule has 0 fully saturated rings. The lowest BCUT2D eigenvalue weighted by Gasteiger charge is -2.05. The summed E-state index contributed by atoms with van der Waals surface area (Å²) in [5, 5.41) is 25.9. The van der Waals surface area contributed by atoms with Crippen LogP contribution in [0.3, 0.4) is 0 Å². The third-order valence-electron chi connectivity index (χ3n) is 3.71. The van der Waals surface area contributed by atoms with Crippen LogP contribution in [0.25, 0.3) is 11.1 Å². The Morgan fingerprint density at radius 2 is 1.93 bits per heavy atom. The fourth-order valence-electron chi connectivity index (χ4n) is 2.43. The molecule has 0 bridgehead atoms. The van der Waals surface area contributed by atoms with Crippen LogP contribution >= 0.6 is 34.5 Å². The zero-order valence-electron chi connectivity index (χ0n) is 13.4. The Morgan fingerprint density at radius 1 is 1.19 bits per heavy atom. The van der Waals surface area contributed by atoms with Crippen molar-refractivity contribution in [1.82, 2.24) is 0 Å². The smallest absolute Gasteiger partial charge is 0.282 e. The van der Waals surface area contributed by atoms with Crippen molar-refractivity contribution in [3.63, 3.8) is 0 Å². The normalized spacial score (nSPS) is 10.3. The van der Waals surface area contributed by atoms with Gasteiger partial charge in [0.15, 0.2) is 0 Å². The topological polar surface area (TPSA) is 96.0 Å². The third kappa shape index (κ3) is 3.78. The van der Waals surface area contributed by atoms with Crippen molar-refractivity contribution in [2.45, 2.75) is 0 Å². The van der Waals surface area contributed by atoms with Gasteiger partial charge in [-0.1, -0.05) is 41.4 Å². The summed E-state index contributed by atoms with van der Waals surface area (Å²) in [6.45, 7) is 0. The lowest BCUT2D eigenvalue weighted by Crippen LogP contribution is -2.13. The van der Waals surface area contributed by atoms with Gasteiger partial charge in [0, 0.05) is 17.0 Å². The Kier molecular flexibility index (Phi) is 5.42. The SMILES string of the molecule is N#Cc1c(-c2ccc(Cl)c(Cl)c2)csc1NC(=O)c1ccccc1[N+](=O)[O-]. The Hall–Kier alpha value is -2.92. The van der Waals surface area contributed by atoms with Crippen molar-refractivity contribution in [2.75, 3.05) is 5.32 Å². The number of nitriles is 1. The summed E-state index contributed by atoms with van der Waals surface area (Å²) >= 11 is 13.1. The maximum absolute atomic E-state index is 12.5. The molecule has 2 aromatic carbocycles. The van der Waals surface area contributed by atoms with E-state index in [0.29, 0.717) is 26.2 Å². The molecule has 1 aromatic heterocycles. The molecule has 3 aromatic rings. The van der Waals surface area contributed by atoms with Crippen LogP contribution in [0.4, 0.5) is 10.7 Å². The van der Waals surface area contributed by atoms with Crippen LogP contribution < -0.4 is 5.32 Å². The highest BCUT2D eigenvalue weighted by atomic mass is 35.5. The number of halogens is 2. The van der Waals surface area contributed by atoms with Crippen molar-refractivity contribution < 1.29 is 9.72 Å². The van der Waals surface area contributed by atoms with E-state index < -0.39 is 10.8 Å². The highest BCUT2D eigenvalue weighted by Gasteiger charge is 2.22. The van der Waals surface area contributed by atoms with Crippen LogP contribution in [-0.4, -0.2) is 10.8 Å². The molecule has 0 saturated heterocycles. The number of para-hydroxylation sites is 1. The average molecular weight is 418 g/mol. The van der Waals surface area contributed by atoms with Crippen LogP contribution in [0.2, 0.25) is 10.0 Å². The molecule has 9 heteroatoms. The van der Waals surface area contributed by atoms with Gasteiger partial charge in [0.1, 0.15) is 16.6 Å². The Balaban J connectivity index is 1.96. The molecular formula is C18H9Cl2N3O3S. The first-order valence-corrected chi connectivity index (χ1v) is 9.07. The second kappa shape index (κ2) is 7.76. The van der Waals surface area contributed by atoms with E-state index in [-0.39, 0.29) is 16.8 Å². The first kappa shape index (κ1) is 18.9. The summed E-state index contributed by atoms with van der Waals surface area (Å²) in [6, 6.07) is 12.6. The summed E-state index contributed by atoms with van der Waals surface area (Å²) in [5.74, 6) is -0.665. The maximum atomic E-state index is 12.5. The molecular weight excluding hydrogens is 409 g/mol. The summed E-state index contributed by atoms with van der Waals surface area (Å²) < 4.78 is 0. The minimum absolute atomic E-state index is 0.0872. The standard InChI is InChI=1S/C18H9Cl2N3O3S/c19-14-6-5-10(7-15(14)20)13-9-27-18(12(13)8-21)22-17(24)11-3-1-2-4-16(11)23(25)26/h1-7,9H,(H,22,24). The van der Waals surface area contributed by atoms with Gasteiger partial charge in [0.25, 0.3) is 11.6 Å². The van der Waals surface area contributed by atoms with Crippen molar-refractivity contribution in [3.05, 3.63) is 79.1 Å². The predicted octanol–water partition coefficient (Wildman–Crippen LogP) is 5.75. The summed E-state index contributed by atoms with van der Waals surface area (Å²) in [6.07, 6.45) is 0. The van der Waals surface area contributed by atoms with Gasteiger partial charge in [-0.3, -0.25) is 14.9 Å². The molecule has 0 atom stereocenters. The molecule has 6 nitrogen and oxygen atoms in total. The number of benzene rings is 2. The van der Waals surface area contributed by atoms with Gasteiger partial charge in [-0.15, -0.1) is 11.3 Å². The van der Waals surface area contributed by atoms with Gasteiger partial charge in [-0.05, 0) is 23.8 Å². The molecule has 0 spiro atoms. The lowest BCUT2D eigenvalue weighted by atomic mass is 10.0. The van der Waals surface area contributed by atoms with Gasteiger partial charge < -0.3 is 5.32 Å². The van der Waals surface area contributed by atoms with E-state index in [4.69, 9.17) is 23.2 Å². The van der Waals surface area contributed by atoms with Crippen LogP contribution in [-0.2, 0) is 0 Å². The van der Waals surface area contributed by atoms with Crippen LogP contribution in [0.15, 0.2) is 47.8 Å². The van der Waals surface area contributed by atoms with E-state index in [9.17, 15) is 20.2 Å². The molecule has 27 heavy (non-hydrogen) atoms. The maximum Gasteiger partial charge on any atom is 0.282 e. The quantitative estimate of drug-likeness (QED) is 0.431. The number of anilines is 1. The highest BCUT2D eigenvalue weighted by molar-refractivity contribution is 7.15. The number of carbonyl (C=O) groups excluding carboxylic acids is 1. The van der Waals surface area contributed by atoms with Crippen molar-refractivity contribution in [1.29, 1.82) is 5.26 Å². The van der Waals surface area contributed by atoms with E-state index in [1.165, 1.54) is 24.3 Å². The zero-order valence-corrected chi connectivity index (χ0v) is 15.7. The number of nitrogens with zero attached hydrogens (tertiary/aromatic N) is 2. The van der Waals surface area contributed by atoms with Crippen LogP contribution in [0.1, 0.15) is 15.9 Å². The number of rotatable bonds is 4. The largest absolute Gasteiger partial charge is 0.312 e. The molecule has 0 aliphatic rings. The lowest BCUT2D eigenvalue weighted by molar-refractivity contribution is -0.385. The van der Waals surface area contributed by atoms with E-state index in [1.54, 1.807) is 23.6 Å². The minimum Gasteiger partial charge on any atom is -0.312 e. The first-order valence-electron chi connectivity index (χ1n) is 7.44. The van der Waals surface area contributed by atoms with E-state index >= 15 is 0 Å². The van der Waals surface area contributed by atoms with E-state index in [1.807, 2.05) is 0 Å². The monoisotopic (exact) mass is 417 g/mol. The number of nitrogens with one attached hydrogen (secondary N) is 1. The molecule has 3 rings (SSSR count). The number of hydrogen-bond acceptors (Lipinski definition) is 5. The molecule has 0 aliphatic carbocycles. The van der Waals surface area contributed by atoms with Crippen molar-refractivity contribution >= 4 is 51.1 Å². The Morgan fingerprint density at radius 3 is 2.59 bits per heavy atom. The fraction of sp³-hybridized carbons (Fsp3) is 0. The molecule has 134 valence electrons. The minimum atomic E-state index is -0.665. The molecule has 0 radical (unpaired) electrons.